The van der Waals surface area contributed by atoms with E-state index in [0.717, 1.165) is 156 Å². The van der Waals surface area contributed by atoms with Crippen molar-refractivity contribution in [2.45, 2.75) is 255 Å². The molecule has 23 nitrogen and oxygen atoms in total. The van der Waals surface area contributed by atoms with Crippen LogP contribution in [0.1, 0.15) is 218 Å². The van der Waals surface area contributed by atoms with Crippen LogP contribution in [0.4, 0.5) is 26.3 Å². The number of imidazole rings is 2. The molecule has 662 valence electrons. The Hall–Kier alpha value is -5.11. The first-order valence-electron chi connectivity index (χ1n) is 41.3. The van der Waals surface area contributed by atoms with Gasteiger partial charge >= 0.3 is 21.0 Å². The molecule has 0 unspecified atom stereocenters. The van der Waals surface area contributed by atoms with E-state index in [9.17, 15) is 71.9 Å². The van der Waals surface area contributed by atoms with Gasteiger partial charge in [-0.05, 0) is 123 Å². The molecule has 0 aliphatic rings. The second-order valence-corrected chi connectivity index (χ2v) is 39.7. The normalized spacial score (nSPS) is 12.4. The van der Waals surface area contributed by atoms with Crippen LogP contribution in [0.25, 0.3) is 0 Å². The number of aryl methyl sites for hydroxylation is 2. The van der Waals surface area contributed by atoms with Crippen LogP contribution >= 0.6 is 0 Å². The van der Waals surface area contributed by atoms with E-state index in [1.807, 2.05) is 63.6 Å². The lowest BCUT2D eigenvalue weighted by molar-refractivity contribution is -0.684. The Kier molecular flexibility index (Phi) is 54.0. The lowest BCUT2D eigenvalue weighted by Crippen LogP contribution is -3.00. The number of quaternary nitrogens is 1. The van der Waals surface area contributed by atoms with Gasteiger partial charge in [-0.3, -0.25) is 38.6 Å². The number of sulfone groups is 1. The Balaban J connectivity index is 0. The summed E-state index contributed by atoms with van der Waals surface area (Å²) in [7, 11) is -11.9. The van der Waals surface area contributed by atoms with Gasteiger partial charge in [-0.1, -0.05) is 179 Å². The lowest BCUT2D eigenvalue weighted by Gasteiger charge is -2.32. The first kappa shape index (κ1) is 110. The maximum absolute atomic E-state index is 13.6. The summed E-state index contributed by atoms with van der Waals surface area (Å²) in [5.41, 5.74) is -11.6. The molecule has 0 fully saturated rings. The highest BCUT2D eigenvalue weighted by Gasteiger charge is 2.53. The topological polar surface area (TPSA) is 231 Å². The molecule has 0 bridgehead atoms. The number of sulfonamides is 1. The van der Waals surface area contributed by atoms with Crippen LogP contribution in [0.5, 0.6) is 0 Å². The lowest BCUT2D eigenvalue weighted by atomic mass is 10.1. The summed E-state index contributed by atoms with van der Waals surface area (Å²) in [5, 5.41) is 0. The number of amides is 6. The Morgan fingerprint density at radius 3 is 0.752 bits per heavy atom. The zero-order chi connectivity index (χ0) is 86.2. The molecule has 0 spiro atoms. The van der Waals surface area contributed by atoms with Crippen molar-refractivity contribution in [2.75, 3.05) is 124 Å². The highest BCUT2D eigenvalue weighted by molar-refractivity contribution is 7.92. The van der Waals surface area contributed by atoms with E-state index in [4.69, 9.17) is 0 Å². The zero-order valence-electron chi connectivity index (χ0n) is 73.8. The number of alkyl halides is 6. The van der Waals surface area contributed by atoms with Crippen LogP contribution < -0.4 is 26.3 Å². The molecule has 2 rings (SSSR count). The monoisotopic (exact) mass is 1680 g/mol. The average molecular weight is 1680 g/mol. The number of rotatable bonds is 53. The molecule has 2 aromatic rings. The summed E-state index contributed by atoms with van der Waals surface area (Å²) in [6.07, 6.45) is 20.4. The van der Waals surface area contributed by atoms with Gasteiger partial charge in [0.25, 0.3) is 21.7 Å². The number of halogens is 7. The van der Waals surface area contributed by atoms with Gasteiger partial charge in [-0.15, -0.1) is 0 Å². The summed E-state index contributed by atoms with van der Waals surface area (Å²) in [5.74, 6) is 3.55. The minimum Gasteiger partial charge on any atom is -1.00 e. The molecule has 6 amide bonds. The van der Waals surface area contributed by atoms with Crippen molar-refractivity contribution < 1.29 is 98.2 Å². The Morgan fingerprint density at radius 1 is 0.336 bits per heavy atom. The molecule has 2 aromatic heterocycles. The molecular weight excluding hydrogens is 1530 g/mol. The molecule has 113 heavy (non-hydrogen) atoms. The first-order valence-corrected chi connectivity index (χ1v) is 44.5. The van der Waals surface area contributed by atoms with Crippen LogP contribution in [0, 0.1) is 71.0 Å². The van der Waals surface area contributed by atoms with Crippen molar-refractivity contribution in [3.8, 4) is 0 Å². The largest absolute Gasteiger partial charge is 1.00 e. The number of hydrogen-bond donors (Lipinski definition) is 1. The zero-order valence-corrected chi connectivity index (χ0v) is 76.2. The molecule has 0 saturated heterocycles. The number of nitrogens with two attached hydrogens (primary N) is 1. The third kappa shape index (κ3) is 51.0. The molecule has 2 N–H and O–H groups in total. The molecule has 32 heteroatoms. The SMILES string of the molecule is CC(C)CN(CC(C)C)C(=O)CN(CCCCCCn1cc[n+](CC(=O)N(CC(C)C)CC(C)C)c1)CC(=O)N(CC(C)C)CC(C)C.CC(C)CN(CC(C)C)C(=O)CN(CCCCCCn1cc[n+](CC(=O)N(CC(C)C)CC(C)C)c1)CC(=O)N(CC(C)C)CC(C)C.O=S(=O)(C[NH2+]S(=O)(=O)C(F)(F)F)C(F)(F)F.[Cl-]. The van der Waals surface area contributed by atoms with Gasteiger partial charge in [-0.25, -0.2) is 31.4 Å². The first-order chi connectivity index (χ1) is 51.6. The fourth-order valence-corrected chi connectivity index (χ4v) is 14.5. The average Bonchev–Trinajstić information content (AvgIpc) is 1.50. The van der Waals surface area contributed by atoms with E-state index < -0.39 is 41.5 Å². The van der Waals surface area contributed by atoms with Gasteiger partial charge in [-0.2, -0.15) is 34.8 Å². The van der Waals surface area contributed by atoms with E-state index in [1.165, 1.54) is 0 Å². The summed E-state index contributed by atoms with van der Waals surface area (Å²) < 4.78 is 118. The molecular formula is C81H154ClF6N13O10S2+2. The van der Waals surface area contributed by atoms with Gasteiger partial charge in [0.1, 0.15) is 24.8 Å². The number of unbranched alkanes of at least 4 members (excludes halogenated alkanes) is 6. The molecule has 0 aliphatic carbocycles. The second kappa shape index (κ2) is 55.5. The van der Waals surface area contributed by atoms with Crippen molar-refractivity contribution in [3.63, 3.8) is 0 Å². The fourth-order valence-electron chi connectivity index (χ4n) is 12.7. The summed E-state index contributed by atoms with van der Waals surface area (Å²) in [4.78, 5) is 96.4. The number of carbonyl (C=O) groups is 6. The number of nitrogens with zero attached hydrogens (tertiary/aromatic N) is 12. The van der Waals surface area contributed by atoms with E-state index in [-0.39, 0.29) is 74.0 Å². The summed E-state index contributed by atoms with van der Waals surface area (Å²) in [6, 6.07) is 0. The van der Waals surface area contributed by atoms with Crippen LogP contribution in [0.3, 0.4) is 0 Å². The van der Waals surface area contributed by atoms with Gasteiger partial charge in [0.05, 0.1) is 39.3 Å². The predicted octanol–water partition coefficient (Wildman–Crippen LogP) is 8.42. The molecule has 2 heterocycles. The van der Waals surface area contributed by atoms with Gasteiger partial charge in [0.2, 0.25) is 42.2 Å². The molecule has 0 atom stereocenters. The third-order valence-electron chi connectivity index (χ3n) is 17.2. The maximum atomic E-state index is 13.6. The Morgan fingerprint density at radius 2 is 0.549 bits per heavy atom. The highest BCUT2D eigenvalue weighted by atomic mass is 35.5. The van der Waals surface area contributed by atoms with E-state index in [1.54, 1.807) is 0 Å². The van der Waals surface area contributed by atoms with Crippen LogP contribution in [0.2, 0.25) is 0 Å². The Labute approximate surface area is 685 Å². The second-order valence-electron chi connectivity index (χ2n) is 35.8. The van der Waals surface area contributed by atoms with E-state index in [0.29, 0.717) is 84.1 Å². The number of carbonyl (C=O) groups excluding carboxylic acids is 6. The fraction of sp³-hybridized carbons (Fsp3) is 0.852. The van der Waals surface area contributed by atoms with Crippen molar-refractivity contribution in [3.05, 3.63) is 37.4 Å². The standard InChI is InChI=1S/2C39H75N6O3.C3H3F6NO4S2.ClH/c2*1-31(2)21-43(22-32(3)4)37(46)27-41(28-38(47)44(23-33(5)6)24-34(7)8)18-16-14-13-15-17-40-19-20-42(30-40)29-39(48)45(25-35(9)10)26-36(11)12;4-2(5,6)15(11,12)1-10-16(13,14)3(7,8)9;/h2*19-20,30-36H,13-18,21-29H2,1-12H3;10H,1H2;1H/q2*+1;;. The molecule has 0 saturated carbocycles. The van der Waals surface area contributed by atoms with Crippen LogP contribution in [-0.4, -0.2) is 235 Å². The maximum Gasteiger partial charge on any atom is 0.549 e. The van der Waals surface area contributed by atoms with Crippen LogP contribution in [-0.2, 0) is 74.8 Å². The van der Waals surface area contributed by atoms with Crippen molar-refractivity contribution >= 4 is 55.3 Å². The molecule has 0 aromatic carbocycles. The molecule has 0 radical (unpaired) electrons. The number of aromatic nitrogens is 4. The van der Waals surface area contributed by atoms with Crippen molar-refractivity contribution in [1.29, 1.82) is 0 Å². The van der Waals surface area contributed by atoms with Gasteiger partial charge in [0, 0.05) is 78.5 Å². The quantitative estimate of drug-likeness (QED) is 0.0374. The number of primary sulfonamides is 1. The van der Waals surface area contributed by atoms with Gasteiger partial charge in [0.15, 0.2) is 13.1 Å². The van der Waals surface area contributed by atoms with E-state index in [2.05, 4.69) is 197 Å². The summed E-state index contributed by atoms with van der Waals surface area (Å²) in [6.45, 7) is 66.0. The van der Waals surface area contributed by atoms with Gasteiger partial charge < -0.3 is 41.8 Å². The third-order valence-corrected chi connectivity index (χ3v) is 19.9. The minimum atomic E-state index is -6.00. The van der Waals surface area contributed by atoms with Crippen LogP contribution in [0.15, 0.2) is 37.4 Å². The smallest absolute Gasteiger partial charge is 0.549 e. The minimum absolute atomic E-state index is 0. The predicted molar refractivity (Wildman–Crippen MR) is 433 cm³/mol. The van der Waals surface area contributed by atoms with Crippen molar-refractivity contribution in [2.24, 2.45) is 71.0 Å². The van der Waals surface area contributed by atoms with E-state index >= 15 is 0 Å². The van der Waals surface area contributed by atoms with Crippen molar-refractivity contribution in [1.82, 2.24) is 48.3 Å². The molecule has 0 aliphatic heterocycles. The number of hydrogen-bond acceptors (Lipinski definition) is 12. The Bertz CT molecular complexity index is 2870. The highest BCUT2D eigenvalue weighted by Crippen LogP contribution is 2.24. The summed E-state index contributed by atoms with van der Waals surface area (Å²) >= 11 is 0.